The van der Waals surface area contributed by atoms with Crippen LogP contribution in [0.5, 0.6) is 0 Å². The van der Waals surface area contributed by atoms with E-state index in [2.05, 4.69) is 17.2 Å². The first-order valence-electron chi connectivity index (χ1n) is 9.08. The highest BCUT2D eigenvalue weighted by molar-refractivity contribution is 6.05. The highest BCUT2D eigenvalue weighted by atomic mass is 16.2. The zero-order chi connectivity index (χ0) is 18.7. The molecule has 0 unspecified atom stereocenters. The number of nitrogens with zero attached hydrogens (tertiary/aromatic N) is 2. The maximum atomic E-state index is 12.7. The first-order chi connectivity index (χ1) is 12.4. The van der Waals surface area contributed by atoms with Crippen molar-refractivity contribution in [1.29, 1.82) is 0 Å². The molecular formula is C21H25N3O2. The number of aryl methyl sites for hydroxylation is 2. The molecule has 2 heterocycles. The van der Waals surface area contributed by atoms with Gasteiger partial charge < -0.3 is 10.2 Å². The van der Waals surface area contributed by atoms with Gasteiger partial charge in [-0.3, -0.25) is 14.6 Å². The summed E-state index contributed by atoms with van der Waals surface area (Å²) in [7, 11) is 0. The first-order valence-corrected chi connectivity index (χ1v) is 9.08. The number of aromatic nitrogens is 1. The lowest BCUT2D eigenvalue weighted by atomic mass is 9.99. The lowest BCUT2D eigenvalue weighted by Gasteiger charge is -2.30. The maximum absolute atomic E-state index is 12.7. The molecule has 136 valence electrons. The fraction of sp³-hybridized carbons (Fsp3) is 0.381. The van der Waals surface area contributed by atoms with Gasteiger partial charge in [0.1, 0.15) is 5.69 Å². The minimum absolute atomic E-state index is 0.0993. The number of amides is 2. The van der Waals surface area contributed by atoms with Crippen LogP contribution in [-0.4, -0.2) is 34.8 Å². The first kappa shape index (κ1) is 18.1. The van der Waals surface area contributed by atoms with Crippen molar-refractivity contribution >= 4 is 17.5 Å². The number of benzene rings is 1. The molecule has 2 aromatic rings. The summed E-state index contributed by atoms with van der Waals surface area (Å²) in [5.74, 6) is 0.316. The zero-order valence-electron chi connectivity index (χ0n) is 15.6. The van der Waals surface area contributed by atoms with Gasteiger partial charge >= 0.3 is 0 Å². The van der Waals surface area contributed by atoms with E-state index in [0.29, 0.717) is 17.2 Å². The fourth-order valence-electron chi connectivity index (χ4n) is 3.08. The molecule has 0 atom stereocenters. The highest BCUT2D eigenvalue weighted by Gasteiger charge is 2.23. The van der Waals surface area contributed by atoms with Crippen molar-refractivity contribution < 1.29 is 9.59 Å². The molecular weight excluding hydrogens is 326 g/mol. The van der Waals surface area contributed by atoms with Crippen LogP contribution in [0.25, 0.3) is 0 Å². The molecule has 0 aliphatic carbocycles. The summed E-state index contributed by atoms with van der Waals surface area (Å²) < 4.78 is 0. The molecule has 3 rings (SSSR count). The Morgan fingerprint density at radius 3 is 2.50 bits per heavy atom. The van der Waals surface area contributed by atoms with E-state index in [9.17, 15) is 9.59 Å². The Labute approximate surface area is 154 Å². The van der Waals surface area contributed by atoms with E-state index in [-0.39, 0.29) is 11.8 Å². The van der Waals surface area contributed by atoms with E-state index in [4.69, 9.17) is 0 Å². The summed E-state index contributed by atoms with van der Waals surface area (Å²) in [6.45, 7) is 7.75. The molecule has 1 fully saturated rings. The molecule has 1 N–H and O–H groups in total. The number of carbonyl (C=O) groups is 2. The molecule has 5 heteroatoms. The van der Waals surface area contributed by atoms with Gasteiger partial charge in [0, 0.05) is 30.5 Å². The van der Waals surface area contributed by atoms with Gasteiger partial charge in [-0.25, -0.2) is 0 Å². The van der Waals surface area contributed by atoms with Crippen LogP contribution < -0.4 is 5.32 Å². The predicted molar refractivity (Wildman–Crippen MR) is 102 cm³/mol. The van der Waals surface area contributed by atoms with Crippen LogP contribution in [-0.2, 0) is 0 Å². The molecule has 0 radical (unpaired) electrons. The molecule has 1 aromatic carbocycles. The van der Waals surface area contributed by atoms with Crippen LogP contribution in [0.3, 0.4) is 0 Å². The van der Waals surface area contributed by atoms with E-state index in [0.717, 1.165) is 37.2 Å². The molecule has 1 aromatic heterocycles. The van der Waals surface area contributed by atoms with Gasteiger partial charge in [0.25, 0.3) is 11.8 Å². The van der Waals surface area contributed by atoms with Crippen LogP contribution in [0.2, 0.25) is 0 Å². The molecule has 1 saturated heterocycles. The topological polar surface area (TPSA) is 62.3 Å². The van der Waals surface area contributed by atoms with Crippen molar-refractivity contribution in [2.75, 3.05) is 18.4 Å². The normalized spacial score (nSPS) is 15.0. The smallest absolute Gasteiger partial charge is 0.272 e. The van der Waals surface area contributed by atoms with Crippen molar-refractivity contribution in [3.63, 3.8) is 0 Å². The van der Waals surface area contributed by atoms with E-state index in [1.807, 2.05) is 36.9 Å². The van der Waals surface area contributed by atoms with E-state index in [1.165, 1.54) is 11.8 Å². The second kappa shape index (κ2) is 7.68. The Morgan fingerprint density at radius 2 is 1.81 bits per heavy atom. The summed E-state index contributed by atoms with van der Waals surface area (Å²) in [4.78, 5) is 31.2. The Balaban J connectivity index is 1.72. The van der Waals surface area contributed by atoms with Crippen LogP contribution in [0, 0.1) is 19.8 Å². The Morgan fingerprint density at radius 1 is 1.08 bits per heavy atom. The summed E-state index contributed by atoms with van der Waals surface area (Å²) in [6, 6.07) is 9.00. The lowest BCUT2D eigenvalue weighted by molar-refractivity contribution is 0.0691. The second-order valence-corrected chi connectivity index (χ2v) is 7.16. The third-order valence-electron chi connectivity index (χ3n) is 5.08. The molecule has 0 bridgehead atoms. The number of anilines is 1. The van der Waals surface area contributed by atoms with Crippen LogP contribution in [0.4, 0.5) is 5.69 Å². The number of nitrogens with one attached hydrogen (secondary N) is 1. The van der Waals surface area contributed by atoms with Gasteiger partial charge in [0.05, 0.1) is 0 Å². The fourth-order valence-corrected chi connectivity index (χ4v) is 3.08. The third-order valence-corrected chi connectivity index (χ3v) is 5.08. The van der Waals surface area contributed by atoms with Crippen molar-refractivity contribution in [1.82, 2.24) is 9.88 Å². The largest absolute Gasteiger partial charge is 0.337 e. The van der Waals surface area contributed by atoms with Gasteiger partial charge in [-0.1, -0.05) is 13.0 Å². The van der Waals surface area contributed by atoms with Gasteiger partial charge in [0.15, 0.2) is 0 Å². The summed E-state index contributed by atoms with van der Waals surface area (Å²) in [5.41, 5.74) is 3.80. The quantitative estimate of drug-likeness (QED) is 0.914. The van der Waals surface area contributed by atoms with Crippen molar-refractivity contribution in [2.45, 2.75) is 33.6 Å². The number of pyridine rings is 1. The molecule has 0 saturated carbocycles. The molecule has 1 aliphatic heterocycles. The average Bonchev–Trinajstić information content (AvgIpc) is 2.65. The lowest BCUT2D eigenvalue weighted by Crippen LogP contribution is -2.38. The van der Waals surface area contributed by atoms with Crippen LogP contribution >= 0.6 is 0 Å². The number of rotatable bonds is 3. The van der Waals surface area contributed by atoms with Crippen molar-refractivity contribution in [2.24, 2.45) is 5.92 Å². The Bertz CT molecular complexity index is 824. The molecule has 0 spiro atoms. The van der Waals surface area contributed by atoms with Gasteiger partial charge in [-0.05, 0) is 68.0 Å². The third kappa shape index (κ3) is 4.10. The minimum Gasteiger partial charge on any atom is -0.337 e. The second-order valence-electron chi connectivity index (χ2n) is 7.16. The van der Waals surface area contributed by atoms with E-state index >= 15 is 0 Å². The Kier molecular flexibility index (Phi) is 5.35. The molecule has 5 nitrogen and oxygen atoms in total. The minimum atomic E-state index is -0.239. The Hall–Kier alpha value is -2.69. The number of hydrogen-bond acceptors (Lipinski definition) is 3. The molecule has 1 aliphatic rings. The van der Waals surface area contributed by atoms with Gasteiger partial charge in [0.2, 0.25) is 0 Å². The van der Waals surface area contributed by atoms with Gasteiger partial charge in [-0.2, -0.15) is 0 Å². The predicted octanol–water partition coefficient (Wildman–Crippen LogP) is 3.82. The van der Waals surface area contributed by atoms with Crippen molar-refractivity contribution in [3.05, 3.63) is 58.9 Å². The standard InChI is InChI=1S/C21H25N3O2/c1-14-7-10-24(11-8-14)21(26)19-13-17(6-9-22-19)20(25)23-18-5-4-15(2)16(3)12-18/h4-6,9,12-14H,7-8,10-11H2,1-3H3,(H,23,25). The average molecular weight is 351 g/mol. The molecule has 26 heavy (non-hydrogen) atoms. The number of carbonyl (C=O) groups excluding carboxylic acids is 2. The summed E-state index contributed by atoms with van der Waals surface area (Å²) in [5, 5.41) is 2.89. The summed E-state index contributed by atoms with van der Waals surface area (Å²) >= 11 is 0. The van der Waals surface area contributed by atoms with Gasteiger partial charge in [-0.15, -0.1) is 0 Å². The SMILES string of the molecule is Cc1ccc(NC(=O)c2ccnc(C(=O)N3CCC(C)CC3)c2)cc1C. The van der Waals surface area contributed by atoms with Crippen LogP contribution in [0.1, 0.15) is 51.7 Å². The van der Waals surface area contributed by atoms with E-state index < -0.39 is 0 Å². The summed E-state index contributed by atoms with van der Waals surface area (Å²) in [6.07, 6.45) is 3.55. The maximum Gasteiger partial charge on any atom is 0.272 e. The monoisotopic (exact) mass is 351 g/mol. The number of hydrogen-bond donors (Lipinski definition) is 1. The van der Waals surface area contributed by atoms with Crippen LogP contribution in [0.15, 0.2) is 36.5 Å². The van der Waals surface area contributed by atoms with Crippen molar-refractivity contribution in [3.8, 4) is 0 Å². The number of piperidine rings is 1. The zero-order valence-corrected chi connectivity index (χ0v) is 15.6. The highest BCUT2D eigenvalue weighted by Crippen LogP contribution is 2.19. The van der Waals surface area contributed by atoms with E-state index in [1.54, 1.807) is 12.1 Å². The molecule has 2 amide bonds. The number of likely N-dealkylation sites (tertiary alicyclic amines) is 1.